The number of sulfone groups is 1. The summed E-state index contributed by atoms with van der Waals surface area (Å²) in [5.41, 5.74) is 0.905. The van der Waals surface area contributed by atoms with Crippen LogP contribution in [0.1, 0.15) is 39.7 Å². The molecule has 1 aromatic heterocycles. The van der Waals surface area contributed by atoms with Crippen molar-refractivity contribution in [1.82, 2.24) is 14.9 Å². The van der Waals surface area contributed by atoms with Gasteiger partial charge >= 0.3 is 0 Å². The molecule has 154 valence electrons. The second-order valence-electron chi connectivity index (χ2n) is 8.76. The molecular weight excluding hydrogens is 385 g/mol. The molecule has 1 N–H and O–H groups in total. The fourth-order valence-electron chi connectivity index (χ4n) is 4.35. The Morgan fingerprint density at radius 1 is 1.25 bits per heavy atom. The third-order valence-corrected chi connectivity index (χ3v) is 8.33. The Morgan fingerprint density at radius 3 is 2.57 bits per heavy atom. The van der Waals surface area contributed by atoms with Crippen molar-refractivity contribution >= 4 is 27.4 Å². The van der Waals surface area contributed by atoms with E-state index in [9.17, 15) is 17.6 Å². The first kappa shape index (κ1) is 19.4. The van der Waals surface area contributed by atoms with Crippen LogP contribution < -0.4 is 10.2 Å². The Morgan fingerprint density at radius 2 is 1.96 bits per heavy atom. The van der Waals surface area contributed by atoms with Crippen molar-refractivity contribution in [3.8, 4) is 0 Å². The summed E-state index contributed by atoms with van der Waals surface area (Å²) in [6.45, 7) is 9.46. The highest BCUT2D eigenvalue weighted by Crippen LogP contribution is 2.42. The number of amides is 1. The lowest BCUT2D eigenvalue weighted by molar-refractivity contribution is -0.142. The van der Waals surface area contributed by atoms with Gasteiger partial charge in [-0.15, -0.1) is 0 Å². The number of halogens is 1. The van der Waals surface area contributed by atoms with Gasteiger partial charge in [0.15, 0.2) is 9.84 Å². The molecule has 2 fully saturated rings. The molecule has 8 nitrogen and oxygen atoms in total. The fourth-order valence-corrected chi connectivity index (χ4v) is 5.63. The Hall–Kier alpha value is -1.97. The predicted molar refractivity (Wildman–Crippen MR) is 104 cm³/mol. The monoisotopic (exact) mass is 411 g/mol. The maximum absolute atomic E-state index is 14.8. The van der Waals surface area contributed by atoms with Crippen LogP contribution in [0.25, 0.3) is 0 Å². The molecular formula is C18H26FN5O3S. The third kappa shape index (κ3) is 2.60. The molecule has 0 saturated carbocycles. The first-order valence-corrected chi connectivity index (χ1v) is 11.2. The van der Waals surface area contributed by atoms with E-state index in [1.807, 2.05) is 13.8 Å². The number of piperazine rings is 1. The summed E-state index contributed by atoms with van der Waals surface area (Å²) >= 11 is 0. The topological polar surface area (TPSA) is 95.5 Å². The van der Waals surface area contributed by atoms with E-state index in [0.717, 1.165) is 23.7 Å². The second-order valence-corrected chi connectivity index (χ2v) is 11.0. The van der Waals surface area contributed by atoms with Crippen LogP contribution in [0.4, 0.5) is 16.0 Å². The zero-order valence-corrected chi connectivity index (χ0v) is 17.4. The summed E-state index contributed by atoms with van der Waals surface area (Å²) in [5.74, 6) is 0.441. The highest BCUT2D eigenvalue weighted by Gasteiger charge is 2.61. The second kappa shape index (κ2) is 6.01. The molecule has 0 spiro atoms. The zero-order chi connectivity index (χ0) is 20.5. The van der Waals surface area contributed by atoms with Crippen LogP contribution in [0.5, 0.6) is 0 Å². The van der Waals surface area contributed by atoms with E-state index in [-0.39, 0.29) is 36.2 Å². The summed E-state index contributed by atoms with van der Waals surface area (Å²) in [4.78, 5) is 25.1. The molecule has 1 amide bonds. The quantitative estimate of drug-likeness (QED) is 0.778. The Kier molecular flexibility index (Phi) is 4.16. The van der Waals surface area contributed by atoms with Crippen LogP contribution in [0.15, 0.2) is 6.33 Å². The first-order chi connectivity index (χ1) is 13.0. The molecule has 2 saturated heterocycles. The molecule has 3 aliphatic heterocycles. The molecule has 28 heavy (non-hydrogen) atoms. The van der Waals surface area contributed by atoms with Crippen LogP contribution >= 0.6 is 0 Å². The summed E-state index contributed by atoms with van der Waals surface area (Å²) in [5, 5.41) is 0.550. The van der Waals surface area contributed by atoms with Crippen molar-refractivity contribution in [2.45, 2.75) is 56.6 Å². The Bertz CT molecular complexity index is 937. The lowest BCUT2D eigenvalue weighted by Gasteiger charge is -2.47. The molecule has 3 aliphatic rings. The number of nitrogens with one attached hydrogen (secondary N) is 1. The van der Waals surface area contributed by atoms with Gasteiger partial charge < -0.3 is 15.1 Å². The van der Waals surface area contributed by atoms with E-state index >= 15 is 0 Å². The number of carbonyl (C=O) groups excluding carboxylic acids is 1. The van der Waals surface area contributed by atoms with E-state index in [4.69, 9.17) is 0 Å². The van der Waals surface area contributed by atoms with Crippen LogP contribution in [-0.4, -0.2) is 71.7 Å². The number of rotatable bonds is 2. The number of carbonyl (C=O) groups is 1. The standard InChI is InChI=1S/C18H26FN5O3S/c1-11-8-24(16(25)18(19)5-6-28(18,26)27)12(2)7-23(11)15-13-14(21-10-22-15)20-9-17(13,3)4/h10-12H,5-9H2,1-4H3,(H,20,21,22)/t11-,12+,18-/m0/s1. The number of hydrogen-bond acceptors (Lipinski definition) is 7. The largest absolute Gasteiger partial charge is 0.369 e. The van der Waals surface area contributed by atoms with E-state index < -0.39 is 20.7 Å². The van der Waals surface area contributed by atoms with Gasteiger partial charge in [0.1, 0.15) is 18.0 Å². The third-order valence-electron chi connectivity index (χ3n) is 6.23. The van der Waals surface area contributed by atoms with Crippen molar-refractivity contribution in [3.05, 3.63) is 11.9 Å². The minimum Gasteiger partial charge on any atom is -0.369 e. The number of nitrogens with zero attached hydrogens (tertiary/aromatic N) is 4. The van der Waals surface area contributed by atoms with E-state index in [1.165, 1.54) is 11.2 Å². The van der Waals surface area contributed by atoms with Gasteiger partial charge in [0.25, 0.3) is 10.9 Å². The lowest BCUT2D eigenvalue weighted by atomic mass is 9.87. The molecule has 4 heterocycles. The highest BCUT2D eigenvalue weighted by molar-refractivity contribution is 7.94. The van der Waals surface area contributed by atoms with Crippen molar-refractivity contribution in [2.75, 3.05) is 35.6 Å². The number of alkyl halides is 1. The number of anilines is 2. The number of aromatic nitrogens is 2. The van der Waals surface area contributed by atoms with Gasteiger partial charge in [0, 0.05) is 49.1 Å². The van der Waals surface area contributed by atoms with Crippen LogP contribution in [0.2, 0.25) is 0 Å². The molecule has 0 radical (unpaired) electrons. The SMILES string of the molecule is C[C@@H]1CN(c2ncnc3c2C(C)(C)CN3)[C@@H](C)CN1C(=O)[C@]1(F)CCS1(=O)=O. The molecule has 0 aromatic carbocycles. The predicted octanol–water partition coefficient (Wildman–Crippen LogP) is 1.09. The molecule has 10 heteroatoms. The maximum atomic E-state index is 14.8. The van der Waals surface area contributed by atoms with Crippen LogP contribution in [0, 0.1) is 0 Å². The molecule has 0 bridgehead atoms. The lowest BCUT2D eigenvalue weighted by Crippen LogP contribution is -2.66. The number of fused-ring (bicyclic) bond motifs is 1. The van der Waals surface area contributed by atoms with Crippen molar-refractivity contribution in [2.24, 2.45) is 0 Å². The molecule has 0 aliphatic carbocycles. The molecule has 3 atom stereocenters. The number of hydrogen-bond donors (Lipinski definition) is 1. The van der Waals surface area contributed by atoms with Gasteiger partial charge in [0.05, 0.1) is 5.75 Å². The maximum Gasteiger partial charge on any atom is 0.288 e. The normalized spacial score (nSPS) is 33.0. The highest BCUT2D eigenvalue weighted by atomic mass is 32.2. The average Bonchev–Trinajstić information content (AvgIpc) is 2.96. The van der Waals surface area contributed by atoms with Crippen molar-refractivity contribution < 1.29 is 17.6 Å². The molecule has 4 rings (SSSR count). The summed E-state index contributed by atoms with van der Waals surface area (Å²) in [6, 6.07) is -0.475. The van der Waals surface area contributed by atoms with Gasteiger partial charge in [-0.1, -0.05) is 13.8 Å². The summed E-state index contributed by atoms with van der Waals surface area (Å²) < 4.78 is 38.5. The van der Waals surface area contributed by atoms with Gasteiger partial charge in [0.2, 0.25) is 0 Å². The minimum atomic E-state index is -4.00. The smallest absolute Gasteiger partial charge is 0.288 e. The van der Waals surface area contributed by atoms with Crippen LogP contribution in [0.3, 0.4) is 0 Å². The zero-order valence-electron chi connectivity index (χ0n) is 16.6. The molecule has 0 unspecified atom stereocenters. The van der Waals surface area contributed by atoms with Crippen LogP contribution in [-0.2, 0) is 20.0 Å². The molecule has 1 aromatic rings. The first-order valence-electron chi connectivity index (χ1n) is 9.56. The fraction of sp³-hybridized carbons (Fsp3) is 0.722. The van der Waals surface area contributed by atoms with Gasteiger partial charge in [-0.25, -0.2) is 22.8 Å². The van der Waals surface area contributed by atoms with Crippen molar-refractivity contribution in [3.63, 3.8) is 0 Å². The van der Waals surface area contributed by atoms with Crippen molar-refractivity contribution in [1.29, 1.82) is 0 Å². The Balaban J connectivity index is 1.61. The van der Waals surface area contributed by atoms with E-state index in [2.05, 4.69) is 34.0 Å². The van der Waals surface area contributed by atoms with E-state index in [0.29, 0.717) is 6.54 Å². The average molecular weight is 412 g/mol. The minimum absolute atomic E-state index is 0.134. The van der Waals surface area contributed by atoms with E-state index in [1.54, 1.807) is 0 Å². The van der Waals surface area contributed by atoms with Gasteiger partial charge in [-0.3, -0.25) is 4.79 Å². The van der Waals surface area contributed by atoms with Gasteiger partial charge in [-0.05, 0) is 13.8 Å². The van der Waals surface area contributed by atoms with Gasteiger partial charge in [-0.2, -0.15) is 0 Å². The summed E-state index contributed by atoms with van der Waals surface area (Å²) in [7, 11) is -4.00. The summed E-state index contributed by atoms with van der Waals surface area (Å²) in [6.07, 6.45) is 1.27. The Labute approximate surface area is 164 Å².